The van der Waals surface area contributed by atoms with Gasteiger partial charge in [-0.15, -0.1) is 36.4 Å². The number of nitrogens with zero attached hydrogens (tertiary/aromatic N) is 1. The van der Waals surface area contributed by atoms with E-state index in [9.17, 15) is 0 Å². The third-order valence-corrected chi connectivity index (χ3v) is 1.33. The maximum Gasteiger partial charge on any atom is 0.0931 e. The number of para-hydroxylation sites is 2. The van der Waals surface area contributed by atoms with Gasteiger partial charge in [-0.25, -0.2) is 4.98 Å². The summed E-state index contributed by atoms with van der Waals surface area (Å²) in [5, 5.41) is 0. The van der Waals surface area contributed by atoms with Crippen molar-refractivity contribution in [2.24, 2.45) is 0 Å². The predicted octanol–water partition coefficient (Wildman–Crippen LogP) is 2.60. The summed E-state index contributed by atoms with van der Waals surface area (Å²) in [5.41, 5.74) is 2.12. The first kappa shape index (κ1) is 10.7. The average molecular weight is 283 g/mol. The monoisotopic (exact) mass is 282 g/mol. The molecule has 11 heavy (non-hydrogen) atoms. The van der Waals surface area contributed by atoms with E-state index in [1.54, 1.807) is 6.33 Å². The largest absolute Gasteiger partial charge is 0.345 e. The number of H-pyrrole nitrogens is 1. The fraction of sp³-hybridized carbons (Fsp3) is 0. The van der Waals surface area contributed by atoms with Crippen LogP contribution in [0.1, 0.15) is 0 Å². The molecule has 0 atom stereocenters. The number of fused-ring (bicyclic) bond motifs is 1. The van der Waals surface area contributed by atoms with Crippen molar-refractivity contribution in [2.75, 3.05) is 0 Å². The highest BCUT2D eigenvalue weighted by Gasteiger charge is 1.88. The Kier molecular flexibility index (Phi) is 4.44. The highest BCUT2D eigenvalue weighted by atomic mass is 127. The number of aromatic nitrogens is 2. The van der Waals surface area contributed by atoms with E-state index in [2.05, 4.69) is 9.97 Å². The zero-order valence-corrected chi connectivity index (χ0v) is 8.80. The van der Waals surface area contributed by atoms with Gasteiger partial charge in [0.05, 0.1) is 17.4 Å². The Hall–Kier alpha value is -0.290. The first-order valence-corrected chi connectivity index (χ1v) is 2.85. The Labute approximate surface area is 87.8 Å². The number of halogens is 2. The quantitative estimate of drug-likeness (QED) is 0.739. The van der Waals surface area contributed by atoms with E-state index in [4.69, 9.17) is 0 Å². The lowest BCUT2D eigenvalue weighted by Gasteiger charge is -1.81. The molecule has 60 valence electrons. The van der Waals surface area contributed by atoms with E-state index in [1.807, 2.05) is 24.3 Å². The third kappa shape index (κ3) is 2.07. The van der Waals surface area contributed by atoms with Crippen LogP contribution in [0, 0.1) is 0 Å². The molecule has 0 saturated carbocycles. The van der Waals surface area contributed by atoms with E-state index in [-0.39, 0.29) is 36.4 Å². The molecule has 0 amide bonds. The van der Waals surface area contributed by atoms with Gasteiger partial charge < -0.3 is 4.98 Å². The molecule has 0 bridgehead atoms. The number of imidazole rings is 1. The molecule has 2 aromatic rings. The first-order chi connectivity index (χ1) is 4.47. The summed E-state index contributed by atoms with van der Waals surface area (Å²) in [5.74, 6) is 0. The van der Waals surface area contributed by atoms with E-state index in [0.717, 1.165) is 11.0 Å². The van der Waals surface area contributed by atoms with Gasteiger partial charge in [0.25, 0.3) is 0 Å². The highest BCUT2D eigenvalue weighted by Crippen LogP contribution is 2.05. The maximum atomic E-state index is 4.06. The van der Waals surface area contributed by atoms with Crippen LogP contribution >= 0.6 is 36.4 Å². The van der Waals surface area contributed by atoms with E-state index in [0.29, 0.717) is 0 Å². The maximum absolute atomic E-state index is 4.06. The normalized spacial score (nSPS) is 8.36. The summed E-state index contributed by atoms with van der Waals surface area (Å²) < 4.78 is 0. The van der Waals surface area contributed by atoms with Gasteiger partial charge in [-0.05, 0) is 12.1 Å². The molecule has 0 radical (unpaired) electrons. The van der Waals surface area contributed by atoms with Gasteiger partial charge in [-0.3, -0.25) is 0 Å². The van der Waals surface area contributed by atoms with Gasteiger partial charge in [-0.2, -0.15) is 0 Å². The van der Waals surface area contributed by atoms with E-state index >= 15 is 0 Å². The number of hydrogen-bond donors (Lipinski definition) is 1. The van der Waals surface area contributed by atoms with E-state index < -0.39 is 0 Å². The van der Waals surface area contributed by atoms with Crippen LogP contribution in [0.4, 0.5) is 0 Å². The van der Waals surface area contributed by atoms with Gasteiger partial charge in [-0.1, -0.05) is 12.1 Å². The molecule has 0 aliphatic rings. The van der Waals surface area contributed by atoms with Crippen LogP contribution in [0.5, 0.6) is 0 Å². The van der Waals surface area contributed by atoms with Crippen molar-refractivity contribution in [3.8, 4) is 0 Å². The SMILES string of the molecule is Cl.I.c1ccc2[nH]cnc2c1. The fourth-order valence-corrected chi connectivity index (χ4v) is 0.880. The smallest absolute Gasteiger partial charge is 0.0931 e. The number of benzene rings is 1. The van der Waals surface area contributed by atoms with Crippen LogP contribution in [-0.2, 0) is 0 Å². The van der Waals surface area contributed by atoms with Crippen molar-refractivity contribution in [1.29, 1.82) is 0 Å². The Morgan fingerprint density at radius 3 is 2.64 bits per heavy atom. The summed E-state index contributed by atoms with van der Waals surface area (Å²) in [4.78, 5) is 7.07. The molecule has 0 aliphatic carbocycles. The molecule has 1 aromatic carbocycles. The van der Waals surface area contributed by atoms with Gasteiger partial charge in [0.1, 0.15) is 0 Å². The molecule has 0 saturated heterocycles. The fourth-order valence-electron chi connectivity index (χ4n) is 0.880. The third-order valence-electron chi connectivity index (χ3n) is 1.33. The molecule has 0 unspecified atom stereocenters. The Morgan fingerprint density at radius 2 is 1.91 bits per heavy atom. The van der Waals surface area contributed by atoms with Gasteiger partial charge >= 0.3 is 0 Å². The lowest BCUT2D eigenvalue weighted by Crippen LogP contribution is -1.63. The predicted molar refractivity (Wildman–Crippen MR) is 58.8 cm³/mol. The number of nitrogens with one attached hydrogen (secondary N) is 1. The average Bonchev–Trinajstić information content (AvgIpc) is 2.33. The second kappa shape index (κ2) is 4.56. The van der Waals surface area contributed by atoms with Crippen LogP contribution in [0.2, 0.25) is 0 Å². The summed E-state index contributed by atoms with van der Waals surface area (Å²) in [6.45, 7) is 0. The molecular formula is C7H8ClIN2. The van der Waals surface area contributed by atoms with Gasteiger partial charge in [0.2, 0.25) is 0 Å². The minimum absolute atomic E-state index is 0. The van der Waals surface area contributed by atoms with Crippen LogP contribution in [0.25, 0.3) is 11.0 Å². The van der Waals surface area contributed by atoms with Crippen molar-refractivity contribution in [2.45, 2.75) is 0 Å². The zero-order valence-electron chi connectivity index (χ0n) is 5.65. The Balaban J connectivity index is 0.000000500. The molecule has 0 aliphatic heterocycles. The molecular weight excluding hydrogens is 274 g/mol. The highest BCUT2D eigenvalue weighted by molar-refractivity contribution is 14.0. The summed E-state index contributed by atoms with van der Waals surface area (Å²) in [6, 6.07) is 7.94. The Morgan fingerprint density at radius 1 is 1.18 bits per heavy atom. The molecule has 4 heteroatoms. The lowest BCUT2D eigenvalue weighted by molar-refractivity contribution is 1.34. The molecule has 0 spiro atoms. The second-order valence-electron chi connectivity index (χ2n) is 1.92. The topological polar surface area (TPSA) is 28.7 Å². The molecule has 1 aromatic heterocycles. The molecule has 2 nitrogen and oxygen atoms in total. The minimum atomic E-state index is 0. The van der Waals surface area contributed by atoms with E-state index in [1.165, 1.54) is 0 Å². The van der Waals surface area contributed by atoms with Crippen LogP contribution in [0.15, 0.2) is 30.6 Å². The van der Waals surface area contributed by atoms with Crippen molar-refractivity contribution in [3.05, 3.63) is 30.6 Å². The summed E-state index contributed by atoms with van der Waals surface area (Å²) in [7, 11) is 0. The second-order valence-corrected chi connectivity index (χ2v) is 1.92. The lowest BCUT2D eigenvalue weighted by atomic mass is 10.3. The van der Waals surface area contributed by atoms with Crippen molar-refractivity contribution >= 4 is 47.4 Å². The minimum Gasteiger partial charge on any atom is -0.345 e. The van der Waals surface area contributed by atoms with Crippen LogP contribution in [0.3, 0.4) is 0 Å². The number of aromatic amines is 1. The van der Waals surface area contributed by atoms with Crippen molar-refractivity contribution in [1.82, 2.24) is 9.97 Å². The Bertz CT molecular complexity index is 290. The van der Waals surface area contributed by atoms with Crippen LogP contribution in [-0.4, -0.2) is 9.97 Å². The zero-order chi connectivity index (χ0) is 6.10. The molecule has 2 rings (SSSR count). The molecule has 1 N–H and O–H groups in total. The molecule has 0 fully saturated rings. The van der Waals surface area contributed by atoms with Crippen molar-refractivity contribution < 1.29 is 0 Å². The standard InChI is InChI=1S/C7H6N2.ClH.HI/c1-2-4-7-6(3-1)8-5-9-7;;/h1-5H,(H,8,9);2*1H. The first-order valence-electron chi connectivity index (χ1n) is 2.85. The summed E-state index contributed by atoms with van der Waals surface area (Å²) >= 11 is 0. The van der Waals surface area contributed by atoms with Gasteiger partial charge in [0, 0.05) is 0 Å². The van der Waals surface area contributed by atoms with Gasteiger partial charge in [0.15, 0.2) is 0 Å². The number of hydrogen-bond acceptors (Lipinski definition) is 1. The number of rotatable bonds is 0. The van der Waals surface area contributed by atoms with Crippen molar-refractivity contribution in [3.63, 3.8) is 0 Å². The van der Waals surface area contributed by atoms with Crippen LogP contribution < -0.4 is 0 Å². The molecule has 1 heterocycles. The summed E-state index contributed by atoms with van der Waals surface area (Å²) in [6.07, 6.45) is 1.70.